The molecule has 0 atom stereocenters. The maximum atomic E-state index is 16.0. The molecule has 0 saturated carbocycles. The molecule has 4 aromatic heterocycles. The van der Waals surface area contributed by atoms with Gasteiger partial charge in [-0.3, -0.25) is 0 Å². The number of hydrogen-bond donors (Lipinski definition) is 0. The van der Waals surface area contributed by atoms with E-state index in [4.69, 9.17) is 4.57 Å². The standard InChI is InChI=1S/C4B2F2N16O/c7-5-21-1(9-13-17-21)2-10-14-18-22(2)6(8,25-5)24-4(12-16-20-24)3-11-15-19-23(3)5/q-2. The third-order valence-corrected chi connectivity index (χ3v) is 3.92. The van der Waals surface area contributed by atoms with Gasteiger partial charge < -0.3 is 31.6 Å². The van der Waals surface area contributed by atoms with E-state index in [9.17, 15) is 0 Å². The quantitative estimate of drug-likeness (QED) is 0.280. The van der Waals surface area contributed by atoms with Gasteiger partial charge in [0, 0.05) is 0 Å². The van der Waals surface area contributed by atoms with Crippen molar-refractivity contribution in [1.29, 1.82) is 0 Å². The minimum Gasteiger partial charge on any atom is -0.688 e. The smallest absolute Gasteiger partial charge is 0.499 e. The molecule has 2 bridgehead atoms. The van der Waals surface area contributed by atoms with Crippen LogP contribution in [0.4, 0.5) is 8.63 Å². The van der Waals surface area contributed by atoms with Gasteiger partial charge in [-0.1, -0.05) is 20.9 Å². The van der Waals surface area contributed by atoms with E-state index in [0.29, 0.717) is 18.4 Å². The largest absolute Gasteiger partial charge is 0.688 e. The number of nitrogens with zero attached hydrogens (tertiary/aromatic N) is 16. The topological polar surface area (TPSA) is 184 Å². The minimum atomic E-state index is -4.04. The Morgan fingerprint density at radius 2 is 0.840 bits per heavy atom. The van der Waals surface area contributed by atoms with E-state index >= 15 is 8.63 Å². The van der Waals surface area contributed by atoms with Crippen LogP contribution in [0.15, 0.2) is 0 Å². The lowest BCUT2D eigenvalue weighted by Gasteiger charge is -2.42. The number of aromatic nitrogens is 16. The van der Waals surface area contributed by atoms with Crippen LogP contribution in [-0.4, -0.2) is 94.3 Å². The molecule has 0 fully saturated rings. The molecule has 0 radical (unpaired) electrons. The lowest BCUT2D eigenvalue weighted by molar-refractivity contribution is 0.323. The molecular formula is C4B2F2N16O-2. The van der Waals surface area contributed by atoms with Gasteiger partial charge in [-0.15, -0.1) is 20.4 Å². The number of hydrogen-bond acceptors (Lipinski definition) is 13. The summed E-state index contributed by atoms with van der Waals surface area (Å²) in [7, 11) is 0. The number of halogens is 2. The molecule has 0 aliphatic carbocycles. The van der Waals surface area contributed by atoms with E-state index in [1.807, 2.05) is 0 Å². The van der Waals surface area contributed by atoms with Crippen LogP contribution in [0.2, 0.25) is 0 Å². The van der Waals surface area contributed by atoms with Crippen molar-refractivity contribution in [3.8, 4) is 23.3 Å². The Labute approximate surface area is 132 Å². The molecule has 2 aliphatic rings. The molecule has 4 aromatic rings. The second kappa shape index (κ2) is 3.66. The number of rotatable bonds is 0. The number of tetrazole rings is 4. The summed E-state index contributed by atoms with van der Waals surface area (Å²) in [6.07, 6.45) is 0. The zero-order valence-corrected chi connectivity index (χ0v) is 11.5. The van der Waals surface area contributed by atoms with E-state index < -0.39 is 13.8 Å². The second-order valence-electron chi connectivity index (χ2n) is 5.15. The fourth-order valence-electron chi connectivity index (χ4n) is 2.88. The van der Waals surface area contributed by atoms with Gasteiger partial charge in [-0.05, 0) is 20.9 Å². The van der Waals surface area contributed by atoms with Crippen molar-refractivity contribution in [3.05, 3.63) is 0 Å². The average molecular weight is 348 g/mol. The molecule has 25 heavy (non-hydrogen) atoms. The molecule has 0 aromatic carbocycles. The Kier molecular flexibility index (Phi) is 1.85. The molecule has 6 rings (SSSR count). The molecule has 2 aliphatic heterocycles. The lowest BCUT2D eigenvalue weighted by Crippen LogP contribution is -2.61. The third-order valence-electron chi connectivity index (χ3n) is 3.92. The van der Waals surface area contributed by atoms with Gasteiger partial charge in [0.2, 0.25) is 0 Å². The van der Waals surface area contributed by atoms with E-state index in [0.717, 1.165) is 0 Å². The zero-order valence-electron chi connectivity index (χ0n) is 11.5. The van der Waals surface area contributed by atoms with Crippen LogP contribution in [0.5, 0.6) is 0 Å². The van der Waals surface area contributed by atoms with Gasteiger partial charge in [0.05, 0.1) is 0 Å². The molecule has 0 N–H and O–H groups in total. The Balaban J connectivity index is 1.84. The van der Waals surface area contributed by atoms with Gasteiger partial charge in [0.1, 0.15) is 0 Å². The first-order valence-corrected chi connectivity index (χ1v) is 6.63. The average Bonchev–Trinajstić information content (AvgIpc) is 3.39. The molecule has 17 nitrogen and oxygen atoms in total. The number of fused-ring (bicyclic) bond motifs is 12. The van der Waals surface area contributed by atoms with Crippen LogP contribution in [-0.2, 0) is 4.57 Å². The fourth-order valence-corrected chi connectivity index (χ4v) is 2.88. The Morgan fingerprint density at radius 3 is 1.12 bits per heavy atom. The highest BCUT2D eigenvalue weighted by Crippen LogP contribution is 2.35. The van der Waals surface area contributed by atoms with Crippen molar-refractivity contribution in [2.45, 2.75) is 0 Å². The third kappa shape index (κ3) is 1.22. The first kappa shape index (κ1) is 12.6. The highest BCUT2D eigenvalue weighted by molar-refractivity contribution is 6.78. The maximum absolute atomic E-state index is 16.0. The second-order valence-corrected chi connectivity index (χ2v) is 5.15. The molecule has 0 amide bonds. The summed E-state index contributed by atoms with van der Waals surface area (Å²) >= 11 is 0. The van der Waals surface area contributed by atoms with Gasteiger partial charge in [0.15, 0.2) is 23.3 Å². The first-order chi connectivity index (χ1) is 12.1. The fraction of sp³-hybridized carbons (Fsp3) is 0. The van der Waals surface area contributed by atoms with Crippen molar-refractivity contribution in [2.24, 2.45) is 0 Å². The van der Waals surface area contributed by atoms with E-state index in [1.165, 1.54) is 0 Å². The molecule has 0 unspecified atom stereocenters. The Hall–Kier alpha value is -3.77. The summed E-state index contributed by atoms with van der Waals surface area (Å²) in [4.78, 5) is 0. The van der Waals surface area contributed by atoms with Crippen molar-refractivity contribution >= 4 is 13.8 Å². The molecule has 124 valence electrons. The summed E-state index contributed by atoms with van der Waals surface area (Å²) in [5.74, 6) is -1.20. The molecule has 0 saturated heterocycles. The molecule has 21 heteroatoms. The first-order valence-electron chi connectivity index (χ1n) is 6.63. The van der Waals surface area contributed by atoms with Crippen molar-refractivity contribution < 1.29 is 13.2 Å². The van der Waals surface area contributed by atoms with E-state index in [1.54, 1.807) is 0 Å². The Bertz CT molecular complexity index is 972. The van der Waals surface area contributed by atoms with Gasteiger partial charge in [0.25, 0.3) is 0 Å². The highest BCUT2D eigenvalue weighted by Gasteiger charge is 2.54. The summed E-state index contributed by atoms with van der Waals surface area (Å²) in [5.41, 5.74) is 0. The normalized spacial score (nSPS) is 26.2. The van der Waals surface area contributed by atoms with Gasteiger partial charge >= 0.3 is 13.8 Å². The zero-order chi connectivity index (χ0) is 16.8. The highest BCUT2D eigenvalue weighted by atomic mass is 19.1. The predicted molar refractivity (Wildman–Crippen MR) is 65.7 cm³/mol. The Morgan fingerprint density at radius 1 is 0.560 bits per heavy atom. The van der Waals surface area contributed by atoms with Crippen LogP contribution >= 0.6 is 0 Å². The van der Waals surface area contributed by atoms with E-state index in [-0.39, 0.29) is 23.3 Å². The van der Waals surface area contributed by atoms with Crippen molar-refractivity contribution in [3.63, 3.8) is 0 Å². The van der Waals surface area contributed by atoms with E-state index in [2.05, 4.69) is 62.1 Å². The predicted octanol–water partition coefficient (Wildman–Crippen LogP) is -4.09. The van der Waals surface area contributed by atoms with Gasteiger partial charge in [-0.25, -0.2) is 0 Å². The summed E-state index contributed by atoms with van der Waals surface area (Å²) in [6, 6.07) is 0. The monoisotopic (exact) mass is 348 g/mol. The van der Waals surface area contributed by atoms with Crippen molar-refractivity contribution in [2.75, 3.05) is 0 Å². The SMILES string of the molecule is F[B-]12O[B-](F)(n3nnnc3-c3nnnn31)n1nnnc1-c1nnnn12. The maximum Gasteiger partial charge on any atom is 0.499 e. The van der Waals surface area contributed by atoms with Crippen molar-refractivity contribution in [1.82, 2.24) is 80.5 Å². The lowest BCUT2D eigenvalue weighted by atomic mass is 9.85. The summed E-state index contributed by atoms with van der Waals surface area (Å²) in [5, 5.41) is 42.1. The van der Waals surface area contributed by atoms with Crippen LogP contribution in [0, 0.1) is 0 Å². The van der Waals surface area contributed by atoms with Crippen LogP contribution in [0.1, 0.15) is 0 Å². The molecular weight excluding hydrogens is 348 g/mol. The van der Waals surface area contributed by atoms with Crippen LogP contribution in [0.3, 0.4) is 0 Å². The summed E-state index contributed by atoms with van der Waals surface area (Å²) < 4.78 is 39.4. The van der Waals surface area contributed by atoms with Crippen LogP contribution in [0.25, 0.3) is 23.3 Å². The minimum absolute atomic E-state index is 0.299. The van der Waals surface area contributed by atoms with Gasteiger partial charge in [-0.2, -0.15) is 0 Å². The molecule has 6 heterocycles. The van der Waals surface area contributed by atoms with Crippen LogP contribution < -0.4 is 0 Å². The summed E-state index contributed by atoms with van der Waals surface area (Å²) in [6.45, 7) is -8.09. The molecule has 0 spiro atoms.